The minimum atomic E-state index is -1.04. The van der Waals surface area contributed by atoms with Crippen LogP contribution < -0.4 is 5.32 Å². The Hall–Kier alpha value is -3.10. The molecular formula is C23H32N4O5. The fourth-order valence-corrected chi connectivity index (χ4v) is 4.32. The molecule has 4 amide bonds. The van der Waals surface area contributed by atoms with Crippen LogP contribution in [0.2, 0.25) is 0 Å². The number of nitrogens with zero attached hydrogens (tertiary/aromatic N) is 3. The topological polar surface area (TPSA) is 110 Å². The van der Waals surface area contributed by atoms with Gasteiger partial charge in [0.25, 0.3) is 0 Å². The number of carbonyl (C=O) groups excluding carboxylic acids is 3. The number of nitrogens with one attached hydrogen (secondary N) is 1. The minimum absolute atomic E-state index is 0.209. The number of amides is 4. The highest BCUT2D eigenvalue weighted by Crippen LogP contribution is 2.19. The van der Waals surface area contributed by atoms with Crippen molar-refractivity contribution < 1.29 is 24.3 Å². The highest BCUT2D eigenvalue weighted by molar-refractivity contribution is 5.93. The Kier molecular flexibility index (Phi) is 8.08. The molecule has 174 valence electrons. The second kappa shape index (κ2) is 11.0. The van der Waals surface area contributed by atoms with Gasteiger partial charge in [0, 0.05) is 26.7 Å². The van der Waals surface area contributed by atoms with Crippen LogP contribution >= 0.6 is 0 Å². The number of benzene rings is 1. The zero-order valence-electron chi connectivity index (χ0n) is 18.5. The SMILES string of the molecule is CN(CC(=O)[C@H](Cc1ccccc1)NC(=O)N1CCCCC1)C(=O)N1CCC[C@H]1C(=O)O. The number of likely N-dealkylation sites (N-methyl/N-ethyl adjacent to an activating group) is 1. The molecular weight excluding hydrogens is 412 g/mol. The van der Waals surface area contributed by atoms with Gasteiger partial charge in [-0.05, 0) is 44.1 Å². The summed E-state index contributed by atoms with van der Waals surface area (Å²) in [5, 5.41) is 12.2. The van der Waals surface area contributed by atoms with E-state index in [0.717, 1.165) is 24.8 Å². The summed E-state index contributed by atoms with van der Waals surface area (Å²) < 4.78 is 0. The van der Waals surface area contributed by atoms with Gasteiger partial charge in [-0.2, -0.15) is 0 Å². The Morgan fingerprint density at radius 1 is 1.06 bits per heavy atom. The molecule has 9 nitrogen and oxygen atoms in total. The summed E-state index contributed by atoms with van der Waals surface area (Å²) in [6, 6.07) is 7.02. The van der Waals surface area contributed by atoms with Crippen LogP contribution in [0.3, 0.4) is 0 Å². The van der Waals surface area contributed by atoms with Crippen LogP contribution in [0.25, 0.3) is 0 Å². The van der Waals surface area contributed by atoms with E-state index in [1.54, 1.807) is 4.90 Å². The van der Waals surface area contributed by atoms with Gasteiger partial charge < -0.3 is 25.1 Å². The maximum Gasteiger partial charge on any atom is 0.326 e. The molecule has 2 heterocycles. The predicted molar refractivity (Wildman–Crippen MR) is 118 cm³/mol. The van der Waals surface area contributed by atoms with Crippen molar-refractivity contribution in [3.8, 4) is 0 Å². The van der Waals surface area contributed by atoms with Crippen LogP contribution in [0, 0.1) is 0 Å². The lowest BCUT2D eigenvalue weighted by molar-refractivity contribution is -0.141. The van der Waals surface area contributed by atoms with Crippen molar-refractivity contribution in [1.82, 2.24) is 20.0 Å². The van der Waals surface area contributed by atoms with Gasteiger partial charge in [-0.25, -0.2) is 14.4 Å². The first-order valence-electron chi connectivity index (χ1n) is 11.2. The van der Waals surface area contributed by atoms with Gasteiger partial charge in [0.05, 0.1) is 12.6 Å². The van der Waals surface area contributed by atoms with Crippen molar-refractivity contribution in [1.29, 1.82) is 0 Å². The Morgan fingerprint density at radius 3 is 2.41 bits per heavy atom. The van der Waals surface area contributed by atoms with Gasteiger partial charge in [0.15, 0.2) is 5.78 Å². The van der Waals surface area contributed by atoms with Gasteiger partial charge in [0.1, 0.15) is 6.04 Å². The molecule has 0 unspecified atom stereocenters. The van der Waals surface area contributed by atoms with Crippen molar-refractivity contribution in [3.05, 3.63) is 35.9 Å². The van der Waals surface area contributed by atoms with E-state index >= 15 is 0 Å². The normalized spacial score (nSPS) is 19.3. The number of carboxylic acids is 1. The van der Waals surface area contributed by atoms with Gasteiger partial charge >= 0.3 is 18.0 Å². The smallest absolute Gasteiger partial charge is 0.326 e. The first kappa shape index (κ1) is 23.6. The molecule has 1 aromatic carbocycles. The first-order valence-corrected chi connectivity index (χ1v) is 11.2. The molecule has 0 spiro atoms. The molecule has 32 heavy (non-hydrogen) atoms. The highest BCUT2D eigenvalue weighted by Gasteiger charge is 2.36. The molecule has 0 radical (unpaired) electrons. The molecule has 2 N–H and O–H groups in total. The van der Waals surface area contributed by atoms with Crippen molar-refractivity contribution in [2.24, 2.45) is 0 Å². The third kappa shape index (κ3) is 5.99. The maximum absolute atomic E-state index is 13.1. The lowest BCUT2D eigenvalue weighted by Crippen LogP contribution is -2.53. The van der Waals surface area contributed by atoms with Gasteiger partial charge in [-0.1, -0.05) is 30.3 Å². The van der Waals surface area contributed by atoms with Crippen molar-refractivity contribution in [2.75, 3.05) is 33.2 Å². The number of aliphatic carboxylic acids is 1. The zero-order valence-corrected chi connectivity index (χ0v) is 18.5. The number of rotatable bonds is 7. The van der Waals surface area contributed by atoms with E-state index in [4.69, 9.17) is 0 Å². The second-order valence-corrected chi connectivity index (χ2v) is 8.53. The summed E-state index contributed by atoms with van der Waals surface area (Å²) >= 11 is 0. The van der Waals surface area contributed by atoms with E-state index in [9.17, 15) is 24.3 Å². The third-order valence-electron chi connectivity index (χ3n) is 6.12. The summed E-state index contributed by atoms with van der Waals surface area (Å²) in [6.45, 7) is 1.48. The highest BCUT2D eigenvalue weighted by atomic mass is 16.4. The van der Waals surface area contributed by atoms with E-state index in [1.807, 2.05) is 30.3 Å². The number of urea groups is 2. The molecule has 0 aromatic heterocycles. The average Bonchev–Trinajstić information content (AvgIpc) is 3.29. The zero-order chi connectivity index (χ0) is 23.1. The molecule has 0 bridgehead atoms. The van der Waals surface area contributed by atoms with Crippen molar-refractivity contribution >= 4 is 23.8 Å². The number of likely N-dealkylation sites (tertiary alicyclic amines) is 2. The Bertz CT molecular complexity index is 825. The van der Waals surface area contributed by atoms with Crippen LogP contribution in [-0.4, -0.2) is 88.9 Å². The first-order chi connectivity index (χ1) is 15.4. The van der Waals surface area contributed by atoms with Crippen molar-refractivity contribution in [2.45, 2.75) is 50.6 Å². The summed E-state index contributed by atoms with van der Waals surface area (Å²) in [5.74, 6) is -1.33. The second-order valence-electron chi connectivity index (χ2n) is 8.53. The van der Waals surface area contributed by atoms with E-state index in [-0.39, 0.29) is 18.4 Å². The van der Waals surface area contributed by atoms with Crippen LogP contribution in [0.5, 0.6) is 0 Å². The largest absolute Gasteiger partial charge is 0.480 e. The molecule has 2 atom stereocenters. The number of Topliss-reactive ketones (excluding diaryl/α,β-unsaturated/α-hetero) is 1. The summed E-state index contributed by atoms with van der Waals surface area (Å²) in [5.41, 5.74) is 0.907. The summed E-state index contributed by atoms with van der Waals surface area (Å²) in [4.78, 5) is 54.4. The predicted octanol–water partition coefficient (Wildman–Crippen LogP) is 1.96. The summed E-state index contributed by atoms with van der Waals surface area (Å²) in [6.07, 6.45) is 4.34. The fourth-order valence-electron chi connectivity index (χ4n) is 4.32. The number of piperidine rings is 1. The molecule has 0 aliphatic carbocycles. The van der Waals surface area contributed by atoms with Crippen LogP contribution in [0.15, 0.2) is 30.3 Å². The lowest BCUT2D eigenvalue weighted by Gasteiger charge is -2.30. The quantitative estimate of drug-likeness (QED) is 0.668. The van der Waals surface area contributed by atoms with Crippen LogP contribution in [0.4, 0.5) is 9.59 Å². The molecule has 9 heteroatoms. The molecule has 2 aliphatic rings. The molecule has 3 rings (SSSR count). The monoisotopic (exact) mass is 444 g/mol. The van der Waals surface area contributed by atoms with E-state index in [2.05, 4.69) is 5.32 Å². The number of carbonyl (C=O) groups is 4. The van der Waals surface area contributed by atoms with E-state index < -0.39 is 24.1 Å². The fraction of sp³-hybridized carbons (Fsp3) is 0.565. The van der Waals surface area contributed by atoms with E-state index in [1.165, 1.54) is 16.8 Å². The van der Waals surface area contributed by atoms with Crippen molar-refractivity contribution in [3.63, 3.8) is 0 Å². The standard InChI is InChI=1S/C23H32N4O5/c1-25(23(32)27-14-8-11-19(27)21(29)30)16-20(28)18(15-17-9-4-2-5-10-17)24-22(31)26-12-6-3-7-13-26/h2,4-5,9-10,18-19H,3,6-8,11-16H2,1H3,(H,24,31)(H,29,30)/t18-,19-/m0/s1. The number of carboxylic acid groups (broad SMARTS) is 1. The van der Waals surface area contributed by atoms with Gasteiger partial charge in [-0.15, -0.1) is 0 Å². The maximum atomic E-state index is 13.1. The molecule has 1 aromatic rings. The number of ketones is 1. The lowest BCUT2D eigenvalue weighted by atomic mass is 10.0. The number of hydrogen-bond donors (Lipinski definition) is 2. The Balaban J connectivity index is 1.67. The van der Waals surface area contributed by atoms with Gasteiger partial charge in [-0.3, -0.25) is 4.79 Å². The summed E-state index contributed by atoms with van der Waals surface area (Å²) in [7, 11) is 1.49. The molecule has 2 fully saturated rings. The molecule has 2 aliphatic heterocycles. The Labute approximate surface area is 188 Å². The minimum Gasteiger partial charge on any atom is -0.480 e. The average molecular weight is 445 g/mol. The number of hydrogen-bond acceptors (Lipinski definition) is 4. The third-order valence-corrected chi connectivity index (χ3v) is 6.12. The molecule has 2 saturated heterocycles. The van der Waals surface area contributed by atoms with Crippen LogP contribution in [-0.2, 0) is 16.0 Å². The molecule has 0 saturated carbocycles. The Morgan fingerprint density at radius 2 is 1.75 bits per heavy atom. The van der Waals surface area contributed by atoms with E-state index in [0.29, 0.717) is 38.9 Å². The van der Waals surface area contributed by atoms with Crippen LogP contribution in [0.1, 0.15) is 37.7 Å². The van der Waals surface area contributed by atoms with Gasteiger partial charge in [0.2, 0.25) is 0 Å².